The highest BCUT2D eigenvalue weighted by molar-refractivity contribution is 7.99. The van der Waals surface area contributed by atoms with Gasteiger partial charge in [0.1, 0.15) is 0 Å². The molecule has 0 bridgehead atoms. The van der Waals surface area contributed by atoms with Gasteiger partial charge in [-0.25, -0.2) is 0 Å². The van der Waals surface area contributed by atoms with E-state index in [4.69, 9.17) is 0 Å². The molecular weight excluding hydrogens is 260 g/mol. The summed E-state index contributed by atoms with van der Waals surface area (Å²) in [5, 5.41) is 4.15. The normalized spacial score (nSPS) is 25.8. The Kier molecular flexibility index (Phi) is 3.79. The maximum Gasteiger partial charge on any atom is 0.244 e. The SMILES string of the molecule is Cn1cc(N2CCC(N3CCCSCC3)C2=O)cn1. The third-order valence-corrected chi connectivity index (χ3v) is 4.93. The van der Waals surface area contributed by atoms with Crippen LogP contribution in [0.3, 0.4) is 0 Å². The molecule has 0 N–H and O–H groups in total. The van der Waals surface area contributed by atoms with E-state index >= 15 is 0 Å². The minimum atomic E-state index is 0.0823. The number of carbonyl (C=O) groups excluding carboxylic acids is 1. The molecule has 5 nitrogen and oxygen atoms in total. The van der Waals surface area contributed by atoms with Crippen molar-refractivity contribution >= 4 is 23.4 Å². The summed E-state index contributed by atoms with van der Waals surface area (Å²) in [7, 11) is 1.88. The maximum atomic E-state index is 12.6. The topological polar surface area (TPSA) is 41.4 Å². The number of aromatic nitrogens is 2. The van der Waals surface area contributed by atoms with Crippen molar-refractivity contribution in [3.05, 3.63) is 12.4 Å². The van der Waals surface area contributed by atoms with Crippen molar-refractivity contribution in [1.29, 1.82) is 0 Å². The zero-order valence-corrected chi connectivity index (χ0v) is 12.1. The van der Waals surface area contributed by atoms with E-state index in [2.05, 4.69) is 10.00 Å². The molecule has 19 heavy (non-hydrogen) atoms. The second kappa shape index (κ2) is 5.54. The van der Waals surface area contributed by atoms with Gasteiger partial charge in [0.25, 0.3) is 0 Å². The average molecular weight is 280 g/mol. The molecule has 1 atom stereocenters. The lowest BCUT2D eigenvalue weighted by atomic mass is 10.2. The maximum absolute atomic E-state index is 12.6. The second-order valence-electron chi connectivity index (χ2n) is 5.17. The van der Waals surface area contributed by atoms with Crippen LogP contribution in [0, 0.1) is 0 Å². The van der Waals surface area contributed by atoms with Gasteiger partial charge in [-0.2, -0.15) is 16.9 Å². The van der Waals surface area contributed by atoms with Gasteiger partial charge in [-0.3, -0.25) is 14.4 Å². The molecule has 0 spiro atoms. The summed E-state index contributed by atoms with van der Waals surface area (Å²) in [6.45, 7) is 2.92. The van der Waals surface area contributed by atoms with Crippen LogP contribution in [0.2, 0.25) is 0 Å². The molecule has 104 valence electrons. The van der Waals surface area contributed by atoms with Crippen molar-refractivity contribution in [1.82, 2.24) is 14.7 Å². The minimum absolute atomic E-state index is 0.0823. The first-order valence-corrected chi connectivity index (χ1v) is 8.03. The van der Waals surface area contributed by atoms with Crippen LogP contribution >= 0.6 is 11.8 Å². The number of nitrogens with zero attached hydrogens (tertiary/aromatic N) is 4. The molecule has 1 unspecified atom stereocenters. The van der Waals surface area contributed by atoms with Gasteiger partial charge in [0.2, 0.25) is 5.91 Å². The fourth-order valence-electron chi connectivity index (χ4n) is 2.88. The number of hydrogen-bond acceptors (Lipinski definition) is 4. The van der Waals surface area contributed by atoms with Crippen molar-refractivity contribution in [3.8, 4) is 0 Å². The molecule has 1 aromatic rings. The summed E-state index contributed by atoms with van der Waals surface area (Å²) in [4.78, 5) is 16.8. The zero-order valence-electron chi connectivity index (χ0n) is 11.3. The molecular formula is C13H20N4OS. The summed E-state index contributed by atoms with van der Waals surface area (Å²) in [5.41, 5.74) is 0.930. The van der Waals surface area contributed by atoms with Crippen LogP contribution in [0.5, 0.6) is 0 Å². The van der Waals surface area contributed by atoms with Gasteiger partial charge in [0.05, 0.1) is 17.9 Å². The molecule has 2 aliphatic heterocycles. The predicted molar refractivity (Wildman–Crippen MR) is 77.5 cm³/mol. The minimum Gasteiger partial charge on any atom is -0.308 e. The molecule has 3 heterocycles. The number of thioether (sulfide) groups is 1. The zero-order chi connectivity index (χ0) is 13.2. The number of anilines is 1. The fraction of sp³-hybridized carbons (Fsp3) is 0.692. The smallest absolute Gasteiger partial charge is 0.244 e. The van der Waals surface area contributed by atoms with E-state index < -0.39 is 0 Å². The Hall–Kier alpha value is -1.01. The first-order valence-electron chi connectivity index (χ1n) is 6.87. The molecule has 2 saturated heterocycles. The Labute approximate surface area is 117 Å². The van der Waals surface area contributed by atoms with Gasteiger partial charge in [-0.05, 0) is 25.1 Å². The van der Waals surface area contributed by atoms with E-state index in [0.717, 1.165) is 37.5 Å². The number of amides is 1. The Morgan fingerprint density at radius 2 is 2.21 bits per heavy atom. The number of carbonyl (C=O) groups is 1. The van der Waals surface area contributed by atoms with Gasteiger partial charge in [-0.1, -0.05) is 0 Å². The number of hydrogen-bond donors (Lipinski definition) is 0. The fourth-order valence-corrected chi connectivity index (χ4v) is 3.79. The third-order valence-electron chi connectivity index (χ3n) is 3.88. The summed E-state index contributed by atoms with van der Waals surface area (Å²) >= 11 is 2.00. The molecule has 1 aromatic heterocycles. The Morgan fingerprint density at radius 3 is 3.00 bits per heavy atom. The average Bonchev–Trinajstić information content (AvgIpc) is 2.87. The molecule has 0 saturated carbocycles. The number of rotatable bonds is 2. The van der Waals surface area contributed by atoms with E-state index in [-0.39, 0.29) is 11.9 Å². The lowest BCUT2D eigenvalue weighted by Gasteiger charge is -2.25. The van der Waals surface area contributed by atoms with E-state index in [9.17, 15) is 4.79 Å². The monoisotopic (exact) mass is 280 g/mol. The quantitative estimate of drug-likeness (QED) is 0.809. The van der Waals surface area contributed by atoms with Gasteiger partial charge >= 0.3 is 0 Å². The first-order chi connectivity index (χ1) is 9.25. The molecule has 3 rings (SSSR count). The molecule has 0 radical (unpaired) electrons. The highest BCUT2D eigenvalue weighted by Crippen LogP contribution is 2.25. The molecule has 2 aliphatic rings. The lowest BCUT2D eigenvalue weighted by molar-refractivity contribution is -0.121. The van der Waals surface area contributed by atoms with Crippen LogP contribution in [0.15, 0.2) is 12.4 Å². The highest BCUT2D eigenvalue weighted by atomic mass is 32.2. The molecule has 0 aliphatic carbocycles. The van der Waals surface area contributed by atoms with Crippen molar-refractivity contribution in [2.45, 2.75) is 18.9 Å². The molecule has 0 aromatic carbocycles. The summed E-state index contributed by atoms with van der Waals surface area (Å²) in [6.07, 6.45) is 5.83. The van der Waals surface area contributed by atoms with Crippen LogP contribution < -0.4 is 4.90 Å². The molecule has 2 fully saturated rings. The lowest BCUT2D eigenvalue weighted by Crippen LogP contribution is -2.43. The van der Waals surface area contributed by atoms with Gasteiger partial charge in [0, 0.05) is 32.1 Å². The van der Waals surface area contributed by atoms with Crippen molar-refractivity contribution < 1.29 is 4.79 Å². The van der Waals surface area contributed by atoms with E-state index in [1.165, 1.54) is 12.2 Å². The first kappa shape index (κ1) is 13.0. The Bertz CT molecular complexity index is 453. The predicted octanol–water partition coefficient (Wildman–Crippen LogP) is 0.964. The summed E-state index contributed by atoms with van der Waals surface area (Å²) in [5.74, 6) is 2.63. The summed E-state index contributed by atoms with van der Waals surface area (Å²) in [6, 6.07) is 0.0823. The third kappa shape index (κ3) is 2.65. The highest BCUT2D eigenvalue weighted by Gasteiger charge is 2.37. The van der Waals surface area contributed by atoms with E-state index in [1.54, 1.807) is 10.9 Å². The number of aryl methyl sites for hydroxylation is 1. The van der Waals surface area contributed by atoms with Crippen LogP contribution in [-0.2, 0) is 11.8 Å². The Balaban J connectivity index is 1.70. The second-order valence-corrected chi connectivity index (χ2v) is 6.39. The van der Waals surface area contributed by atoms with Gasteiger partial charge in [-0.15, -0.1) is 0 Å². The standard InChI is InChI=1S/C13H20N4OS/c1-15-10-11(9-14-15)17-5-3-12(13(17)18)16-4-2-7-19-8-6-16/h9-10,12H,2-8H2,1H3. The van der Waals surface area contributed by atoms with E-state index in [0.29, 0.717) is 0 Å². The summed E-state index contributed by atoms with van der Waals surface area (Å²) < 4.78 is 1.75. The van der Waals surface area contributed by atoms with Crippen LogP contribution in [0.25, 0.3) is 0 Å². The van der Waals surface area contributed by atoms with Crippen LogP contribution in [0.4, 0.5) is 5.69 Å². The largest absolute Gasteiger partial charge is 0.308 e. The molecule has 1 amide bonds. The van der Waals surface area contributed by atoms with Crippen molar-refractivity contribution in [2.75, 3.05) is 36.0 Å². The van der Waals surface area contributed by atoms with Crippen molar-refractivity contribution in [3.63, 3.8) is 0 Å². The van der Waals surface area contributed by atoms with Crippen LogP contribution in [0.1, 0.15) is 12.8 Å². The van der Waals surface area contributed by atoms with Crippen LogP contribution in [-0.4, -0.2) is 57.8 Å². The molecule has 6 heteroatoms. The van der Waals surface area contributed by atoms with Gasteiger partial charge in [0.15, 0.2) is 0 Å². The van der Waals surface area contributed by atoms with Gasteiger partial charge < -0.3 is 4.90 Å². The Morgan fingerprint density at radius 1 is 1.32 bits per heavy atom. The van der Waals surface area contributed by atoms with E-state index in [1.807, 2.05) is 29.9 Å². The van der Waals surface area contributed by atoms with Crippen molar-refractivity contribution in [2.24, 2.45) is 7.05 Å².